The van der Waals surface area contributed by atoms with Gasteiger partial charge in [0.2, 0.25) is 10.0 Å². The van der Waals surface area contributed by atoms with E-state index < -0.39 is 10.0 Å². The summed E-state index contributed by atoms with van der Waals surface area (Å²) in [6.45, 7) is 7.42. The van der Waals surface area contributed by atoms with Gasteiger partial charge in [0, 0.05) is 12.6 Å². The van der Waals surface area contributed by atoms with Crippen LogP contribution in [-0.4, -0.2) is 37.6 Å². The van der Waals surface area contributed by atoms with Crippen LogP contribution in [0.5, 0.6) is 0 Å². The topological polar surface area (TPSA) is 63.4 Å². The second kappa shape index (κ2) is 7.76. The van der Waals surface area contributed by atoms with E-state index in [-0.39, 0.29) is 17.2 Å². The van der Waals surface area contributed by atoms with Gasteiger partial charge in [-0.05, 0) is 37.6 Å². The number of nitrogens with two attached hydrogens (primary N) is 1. The molecule has 0 aromatic carbocycles. The highest BCUT2D eigenvalue weighted by atomic mass is 32.2. The van der Waals surface area contributed by atoms with Crippen molar-refractivity contribution < 1.29 is 8.42 Å². The summed E-state index contributed by atoms with van der Waals surface area (Å²) in [5, 5.41) is 0. The van der Waals surface area contributed by atoms with E-state index in [1.807, 2.05) is 0 Å². The van der Waals surface area contributed by atoms with E-state index >= 15 is 0 Å². The van der Waals surface area contributed by atoms with Gasteiger partial charge in [-0.2, -0.15) is 4.31 Å². The third kappa shape index (κ3) is 6.10. The van der Waals surface area contributed by atoms with Crippen LogP contribution < -0.4 is 5.73 Å². The second-order valence-electron chi connectivity index (χ2n) is 7.17. The monoisotopic (exact) mass is 304 g/mol. The molecular weight excluding hydrogens is 272 g/mol. The summed E-state index contributed by atoms with van der Waals surface area (Å²) in [5.41, 5.74) is 5.63. The summed E-state index contributed by atoms with van der Waals surface area (Å²) in [5.74, 6) is 0.261. The molecule has 1 fully saturated rings. The summed E-state index contributed by atoms with van der Waals surface area (Å²) >= 11 is 0. The lowest BCUT2D eigenvalue weighted by atomic mass is 9.94. The predicted molar refractivity (Wildman–Crippen MR) is 85.1 cm³/mol. The number of sulfonamides is 1. The van der Waals surface area contributed by atoms with Gasteiger partial charge in [0.25, 0.3) is 0 Å². The molecule has 0 radical (unpaired) electrons. The lowest BCUT2D eigenvalue weighted by Gasteiger charge is -2.34. The van der Waals surface area contributed by atoms with E-state index in [2.05, 4.69) is 20.8 Å². The lowest BCUT2D eigenvalue weighted by Crippen LogP contribution is -2.44. The zero-order chi connectivity index (χ0) is 15.2. The molecule has 0 spiro atoms. The molecule has 0 aromatic heterocycles. The highest BCUT2D eigenvalue weighted by Crippen LogP contribution is 2.27. The molecule has 1 rings (SSSR count). The van der Waals surface area contributed by atoms with E-state index in [0.717, 1.165) is 32.1 Å². The summed E-state index contributed by atoms with van der Waals surface area (Å²) < 4.78 is 27.1. The van der Waals surface area contributed by atoms with Crippen LogP contribution in [0.3, 0.4) is 0 Å². The molecule has 0 amide bonds. The molecule has 4 nitrogen and oxygen atoms in total. The Balaban J connectivity index is 2.73. The Bertz CT molecular complexity index is 368. The minimum absolute atomic E-state index is 0.0547. The zero-order valence-electron chi connectivity index (χ0n) is 13.4. The van der Waals surface area contributed by atoms with Gasteiger partial charge >= 0.3 is 0 Å². The number of hydrogen-bond acceptors (Lipinski definition) is 3. The lowest BCUT2D eigenvalue weighted by molar-refractivity contribution is 0.250. The van der Waals surface area contributed by atoms with Gasteiger partial charge in [0.05, 0.1) is 5.75 Å². The molecule has 20 heavy (non-hydrogen) atoms. The van der Waals surface area contributed by atoms with Crippen LogP contribution >= 0.6 is 0 Å². The van der Waals surface area contributed by atoms with Gasteiger partial charge in [0.15, 0.2) is 0 Å². The highest BCUT2D eigenvalue weighted by Gasteiger charge is 2.31. The molecule has 5 heteroatoms. The molecule has 0 unspecified atom stereocenters. The number of hydrogen-bond donors (Lipinski definition) is 1. The molecule has 0 atom stereocenters. The third-order valence-electron chi connectivity index (χ3n) is 4.03. The van der Waals surface area contributed by atoms with Crippen molar-refractivity contribution in [1.29, 1.82) is 0 Å². The van der Waals surface area contributed by atoms with Crippen LogP contribution in [0.2, 0.25) is 0 Å². The summed E-state index contributed by atoms with van der Waals surface area (Å²) in [6.07, 6.45) is 7.03. The average Bonchev–Trinajstić information content (AvgIpc) is 2.37. The molecule has 2 N–H and O–H groups in total. The minimum atomic E-state index is -3.15. The van der Waals surface area contributed by atoms with Crippen LogP contribution in [0, 0.1) is 5.41 Å². The van der Waals surface area contributed by atoms with Gasteiger partial charge in [-0.15, -0.1) is 0 Å². The molecule has 1 aliphatic carbocycles. The van der Waals surface area contributed by atoms with Crippen molar-refractivity contribution in [3.05, 3.63) is 0 Å². The highest BCUT2D eigenvalue weighted by molar-refractivity contribution is 7.89. The standard InChI is InChI=1S/C15H32N2O2S/c1-15(2,3)10-13-20(18,19)17(12-7-11-16)14-8-5-4-6-9-14/h14H,4-13,16H2,1-3H3. The molecule has 0 saturated heterocycles. The molecular formula is C15H32N2O2S. The second-order valence-corrected chi connectivity index (χ2v) is 9.21. The van der Waals surface area contributed by atoms with Gasteiger partial charge < -0.3 is 5.73 Å². The fourth-order valence-electron chi connectivity index (χ4n) is 2.72. The van der Waals surface area contributed by atoms with E-state index in [0.29, 0.717) is 19.5 Å². The Kier molecular flexibility index (Phi) is 6.95. The van der Waals surface area contributed by atoms with Crippen molar-refractivity contribution in [2.75, 3.05) is 18.8 Å². The number of nitrogens with zero attached hydrogens (tertiary/aromatic N) is 1. The summed E-state index contributed by atoms with van der Waals surface area (Å²) in [4.78, 5) is 0. The quantitative estimate of drug-likeness (QED) is 0.786. The van der Waals surface area contributed by atoms with Crippen LogP contribution in [-0.2, 0) is 10.0 Å². The first kappa shape index (κ1) is 17.9. The van der Waals surface area contributed by atoms with Gasteiger partial charge in [-0.25, -0.2) is 8.42 Å². The number of rotatable bonds is 7. The maximum absolute atomic E-state index is 12.7. The Morgan fingerprint density at radius 1 is 1.15 bits per heavy atom. The van der Waals surface area contributed by atoms with Crippen molar-refractivity contribution in [1.82, 2.24) is 4.31 Å². The SMILES string of the molecule is CC(C)(C)CCS(=O)(=O)N(CCCN)C1CCCCC1. The van der Waals surface area contributed by atoms with E-state index in [1.54, 1.807) is 4.31 Å². The Morgan fingerprint density at radius 3 is 2.25 bits per heavy atom. The first-order chi connectivity index (χ1) is 9.26. The van der Waals surface area contributed by atoms with Gasteiger partial charge in [-0.3, -0.25) is 0 Å². The van der Waals surface area contributed by atoms with Crippen LogP contribution in [0.4, 0.5) is 0 Å². The Morgan fingerprint density at radius 2 is 1.75 bits per heavy atom. The van der Waals surface area contributed by atoms with Crippen molar-refractivity contribution in [3.8, 4) is 0 Å². The van der Waals surface area contributed by atoms with Crippen LogP contribution in [0.1, 0.15) is 65.7 Å². The molecule has 120 valence electrons. The largest absolute Gasteiger partial charge is 0.330 e. The molecule has 0 aliphatic heterocycles. The Hall–Kier alpha value is -0.130. The first-order valence-corrected chi connectivity index (χ1v) is 9.57. The maximum Gasteiger partial charge on any atom is 0.214 e. The smallest absolute Gasteiger partial charge is 0.214 e. The molecule has 0 aromatic rings. The summed E-state index contributed by atoms with van der Waals surface area (Å²) in [6, 6.07) is 0.209. The Labute approximate surface area is 125 Å². The van der Waals surface area contributed by atoms with E-state index in [1.165, 1.54) is 6.42 Å². The summed E-state index contributed by atoms with van der Waals surface area (Å²) in [7, 11) is -3.15. The predicted octanol–water partition coefficient (Wildman–Crippen LogP) is 2.74. The zero-order valence-corrected chi connectivity index (χ0v) is 14.2. The minimum Gasteiger partial charge on any atom is -0.330 e. The molecule has 0 heterocycles. The van der Waals surface area contributed by atoms with Crippen molar-refractivity contribution in [2.24, 2.45) is 11.1 Å². The first-order valence-electron chi connectivity index (χ1n) is 7.96. The van der Waals surface area contributed by atoms with E-state index in [4.69, 9.17) is 5.73 Å². The normalized spacial score (nSPS) is 18.6. The van der Waals surface area contributed by atoms with Gasteiger partial charge in [-0.1, -0.05) is 40.0 Å². The van der Waals surface area contributed by atoms with Crippen LogP contribution in [0.15, 0.2) is 0 Å². The fourth-order valence-corrected chi connectivity index (χ4v) is 4.89. The molecule has 0 bridgehead atoms. The van der Waals surface area contributed by atoms with Crippen molar-refractivity contribution in [3.63, 3.8) is 0 Å². The van der Waals surface area contributed by atoms with Gasteiger partial charge in [0.1, 0.15) is 0 Å². The molecule has 1 aliphatic rings. The van der Waals surface area contributed by atoms with Crippen molar-refractivity contribution >= 4 is 10.0 Å². The van der Waals surface area contributed by atoms with E-state index in [9.17, 15) is 8.42 Å². The molecule has 1 saturated carbocycles. The maximum atomic E-state index is 12.7. The fraction of sp³-hybridized carbons (Fsp3) is 1.00. The van der Waals surface area contributed by atoms with Crippen molar-refractivity contribution in [2.45, 2.75) is 71.8 Å². The average molecular weight is 305 g/mol. The van der Waals surface area contributed by atoms with Crippen LogP contribution in [0.25, 0.3) is 0 Å². The third-order valence-corrected chi connectivity index (χ3v) is 5.95.